The number of thioether (sulfide) groups is 1. The van der Waals surface area contributed by atoms with E-state index in [0.717, 1.165) is 6.42 Å². The molecule has 3 unspecified atom stereocenters. The molecule has 0 saturated carbocycles. The van der Waals surface area contributed by atoms with Gasteiger partial charge in [-0.1, -0.05) is 18.7 Å². The van der Waals surface area contributed by atoms with E-state index in [-0.39, 0.29) is 37.3 Å². The van der Waals surface area contributed by atoms with Gasteiger partial charge in [-0.3, -0.25) is 28.8 Å². The number of aromatic nitrogens is 2. The summed E-state index contributed by atoms with van der Waals surface area (Å²) in [5.74, 6) is -4.80. The SMILES string of the molecule is CCCn1cncc1CC(NC(=O)CCCN)C(=O)SCC(NC(=O)CCC(N)C(=O)O)C(=O)NCC(=O)O. The molecule has 0 saturated heterocycles. The zero-order valence-corrected chi connectivity index (χ0v) is 22.6. The third-order valence-corrected chi connectivity index (χ3v) is 6.43. The molecule has 1 heterocycles. The van der Waals surface area contributed by atoms with Gasteiger partial charge in [0.1, 0.15) is 24.7 Å². The van der Waals surface area contributed by atoms with Gasteiger partial charge >= 0.3 is 11.9 Å². The average molecular weight is 572 g/mol. The summed E-state index contributed by atoms with van der Waals surface area (Å²) in [5.41, 5.74) is 11.6. The summed E-state index contributed by atoms with van der Waals surface area (Å²) in [4.78, 5) is 76.3. The number of amides is 3. The second-order valence-electron chi connectivity index (χ2n) is 8.64. The number of carbonyl (C=O) groups is 6. The average Bonchev–Trinajstić information content (AvgIpc) is 3.32. The second kappa shape index (κ2) is 17.9. The predicted octanol–water partition coefficient (Wildman–Crippen LogP) is -1.80. The molecule has 0 aromatic carbocycles. The Labute approximate surface area is 229 Å². The Morgan fingerprint density at radius 2 is 1.74 bits per heavy atom. The van der Waals surface area contributed by atoms with Crippen molar-refractivity contribution in [1.82, 2.24) is 25.5 Å². The van der Waals surface area contributed by atoms with E-state index >= 15 is 0 Å². The number of nitrogens with two attached hydrogens (primary N) is 2. The predicted molar refractivity (Wildman–Crippen MR) is 141 cm³/mol. The van der Waals surface area contributed by atoms with Crippen molar-refractivity contribution >= 4 is 46.5 Å². The fourth-order valence-electron chi connectivity index (χ4n) is 3.30. The monoisotopic (exact) mass is 571 g/mol. The molecule has 3 amide bonds. The molecule has 39 heavy (non-hydrogen) atoms. The summed E-state index contributed by atoms with van der Waals surface area (Å²) in [6, 6.07) is -3.57. The molecule has 0 aliphatic rings. The normalized spacial score (nSPS) is 13.1. The maximum atomic E-state index is 13.2. The van der Waals surface area contributed by atoms with Crippen molar-refractivity contribution in [3.8, 4) is 0 Å². The van der Waals surface area contributed by atoms with Crippen molar-refractivity contribution in [3.05, 3.63) is 18.2 Å². The van der Waals surface area contributed by atoms with Crippen LogP contribution in [0.25, 0.3) is 0 Å². The second-order valence-corrected chi connectivity index (χ2v) is 9.66. The molecule has 218 valence electrons. The molecule has 0 aliphatic carbocycles. The van der Waals surface area contributed by atoms with E-state index in [4.69, 9.17) is 21.7 Å². The smallest absolute Gasteiger partial charge is 0.322 e. The maximum absolute atomic E-state index is 13.2. The van der Waals surface area contributed by atoms with Crippen LogP contribution in [-0.4, -0.2) is 91.5 Å². The van der Waals surface area contributed by atoms with E-state index in [2.05, 4.69) is 20.9 Å². The molecule has 1 aromatic rings. The van der Waals surface area contributed by atoms with Crippen molar-refractivity contribution in [2.75, 3.05) is 18.8 Å². The molecule has 0 bridgehead atoms. The van der Waals surface area contributed by atoms with Gasteiger partial charge in [0.05, 0.1) is 6.33 Å². The lowest BCUT2D eigenvalue weighted by molar-refractivity contribution is -0.139. The number of aryl methyl sites for hydroxylation is 1. The van der Waals surface area contributed by atoms with Crippen molar-refractivity contribution < 1.29 is 39.0 Å². The molecule has 9 N–H and O–H groups in total. The van der Waals surface area contributed by atoms with Crippen LogP contribution in [0.5, 0.6) is 0 Å². The van der Waals surface area contributed by atoms with E-state index in [1.54, 1.807) is 12.5 Å². The first-order chi connectivity index (χ1) is 18.5. The molecular weight excluding hydrogens is 534 g/mol. The fourth-order valence-corrected chi connectivity index (χ4v) is 4.21. The third kappa shape index (κ3) is 13.2. The number of rotatable bonds is 19. The van der Waals surface area contributed by atoms with E-state index in [0.29, 0.717) is 37.0 Å². The summed E-state index contributed by atoms with van der Waals surface area (Å²) in [5, 5.41) is 24.5. The molecule has 1 rings (SSSR count). The highest BCUT2D eigenvalue weighted by Crippen LogP contribution is 2.14. The van der Waals surface area contributed by atoms with Crippen molar-refractivity contribution in [1.29, 1.82) is 0 Å². The van der Waals surface area contributed by atoms with Crippen LogP contribution < -0.4 is 27.4 Å². The zero-order chi connectivity index (χ0) is 29.4. The van der Waals surface area contributed by atoms with Gasteiger partial charge in [0.15, 0.2) is 0 Å². The van der Waals surface area contributed by atoms with Gasteiger partial charge in [0.25, 0.3) is 0 Å². The summed E-state index contributed by atoms with van der Waals surface area (Å²) in [6.45, 7) is 2.23. The Hall–Kier alpha value is -3.50. The quantitative estimate of drug-likeness (QED) is 0.0971. The Balaban J connectivity index is 2.98. The summed E-state index contributed by atoms with van der Waals surface area (Å²) in [7, 11) is 0. The number of carbonyl (C=O) groups excluding carboxylic acids is 4. The highest BCUT2D eigenvalue weighted by Gasteiger charge is 2.28. The Bertz CT molecular complexity index is 1000. The standard InChI is InChI=1S/C23H37N7O8S/c1-2-8-30-13-26-10-14(30)9-16(28-18(31)4-3-7-24)23(38)39-12-17(21(35)27-11-20(33)34)29-19(32)6-5-15(25)22(36)37/h10,13,15-17H,2-9,11-12,24-25H2,1H3,(H,27,35)(H,28,31)(H,29,32)(H,33,34)(H,36,37). The molecule has 0 aliphatic heterocycles. The first kappa shape index (κ1) is 33.5. The lowest BCUT2D eigenvalue weighted by atomic mass is 10.1. The van der Waals surface area contributed by atoms with Crippen molar-refractivity contribution in [3.63, 3.8) is 0 Å². The number of carboxylic acids is 2. The van der Waals surface area contributed by atoms with E-state index < -0.39 is 53.5 Å². The minimum Gasteiger partial charge on any atom is -0.480 e. The first-order valence-corrected chi connectivity index (χ1v) is 13.4. The van der Waals surface area contributed by atoms with Gasteiger partial charge in [-0.2, -0.15) is 0 Å². The lowest BCUT2D eigenvalue weighted by Crippen LogP contribution is -2.50. The zero-order valence-electron chi connectivity index (χ0n) is 21.8. The number of hydrogen-bond donors (Lipinski definition) is 7. The molecule has 0 spiro atoms. The summed E-state index contributed by atoms with van der Waals surface area (Å²) >= 11 is 0.684. The largest absolute Gasteiger partial charge is 0.480 e. The van der Waals surface area contributed by atoms with Gasteiger partial charge in [-0.15, -0.1) is 0 Å². The number of hydrogen-bond acceptors (Lipinski definition) is 10. The molecule has 1 aromatic heterocycles. The first-order valence-electron chi connectivity index (χ1n) is 12.4. The Kier molecular flexibility index (Phi) is 15.4. The van der Waals surface area contributed by atoms with Crippen LogP contribution in [-0.2, 0) is 41.7 Å². The number of imidazole rings is 1. The molecule has 3 atom stereocenters. The molecule has 0 radical (unpaired) electrons. The van der Waals surface area contributed by atoms with Crippen molar-refractivity contribution in [2.45, 2.75) is 70.1 Å². The van der Waals surface area contributed by atoms with E-state index in [9.17, 15) is 28.8 Å². The van der Waals surface area contributed by atoms with Gasteiger partial charge < -0.3 is 42.2 Å². The lowest BCUT2D eigenvalue weighted by Gasteiger charge is -2.21. The van der Waals surface area contributed by atoms with Gasteiger partial charge in [0, 0.05) is 43.5 Å². The van der Waals surface area contributed by atoms with Crippen LogP contribution >= 0.6 is 11.8 Å². The van der Waals surface area contributed by atoms with Crippen LogP contribution in [0.4, 0.5) is 0 Å². The van der Waals surface area contributed by atoms with Gasteiger partial charge in [-0.25, -0.2) is 4.98 Å². The van der Waals surface area contributed by atoms with Crippen LogP contribution in [0, 0.1) is 0 Å². The minimum atomic E-state index is -1.31. The summed E-state index contributed by atoms with van der Waals surface area (Å²) in [6.07, 6.45) is 4.22. The molecule has 16 heteroatoms. The van der Waals surface area contributed by atoms with Gasteiger partial charge in [-0.05, 0) is 25.8 Å². The minimum absolute atomic E-state index is 0.119. The number of aliphatic carboxylic acids is 2. The number of nitrogens with one attached hydrogen (secondary N) is 3. The summed E-state index contributed by atoms with van der Waals surface area (Å²) < 4.78 is 1.86. The third-order valence-electron chi connectivity index (χ3n) is 5.36. The van der Waals surface area contributed by atoms with Gasteiger partial charge in [0.2, 0.25) is 22.8 Å². The van der Waals surface area contributed by atoms with Crippen LogP contribution in [0.1, 0.15) is 44.7 Å². The van der Waals surface area contributed by atoms with Crippen LogP contribution in [0.3, 0.4) is 0 Å². The highest BCUT2D eigenvalue weighted by atomic mass is 32.2. The molecular formula is C23H37N7O8S. The van der Waals surface area contributed by atoms with Crippen LogP contribution in [0.2, 0.25) is 0 Å². The van der Waals surface area contributed by atoms with Crippen LogP contribution in [0.15, 0.2) is 12.5 Å². The topological polar surface area (TPSA) is 249 Å². The molecule has 0 fully saturated rings. The highest BCUT2D eigenvalue weighted by molar-refractivity contribution is 8.13. The Morgan fingerprint density at radius 3 is 2.36 bits per heavy atom. The van der Waals surface area contributed by atoms with E-state index in [1.807, 2.05) is 11.5 Å². The van der Waals surface area contributed by atoms with Crippen molar-refractivity contribution in [2.24, 2.45) is 11.5 Å². The van der Waals surface area contributed by atoms with E-state index in [1.165, 1.54) is 0 Å². The maximum Gasteiger partial charge on any atom is 0.322 e. The Morgan fingerprint density at radius 1 is 1.08 bits per heavy atom. The fraction of sp³-hybridized carbons (Fsp3) is 0.609. The number of carboxylic acid groups (broad SMARTS) is 2. The number of nitrogens with zero attached hydrogens (tertiary/aromatic N) is 2. The molecule has 15 nitrogen and oxygen atoms in total.